The lowest BCUT2D eigenvalue weighted by Crippen LogP contribution is -2.17. The Morgan fingerprint density at radius 1 is 1.24 bits per heavy atom. The fourth-order valence-corrected chi connectivity index (χ4v) is 1.73. The molecule has 6 heteroatoms. The molecule has 1 N–H and O–H groups in total. The molecule has 0 aliphatic carbocycles. The standard InChI is InChI=1S/C15H13FN2O3/c1-2-21-15(20)11-5-3-4-6-13(11)18-14(19)10-7-8-17-9-12(10)16/h3-9H,2H2,1H3,(H,18,19). The summed E-state index contributed by atoms with van der Waals surface area (Å²) in [6, 6.07) is 7.63. The molecule has 0 saturated carbocycles. The number of esters is 1. The molecule has 0 aliphatic rings. The van der Waals surface area contributed by atoms with Crippen LogP contribution in [0.5, 0.6) is 0 Å². The molecule has 0 fully saturated rings. The highest BCUT2D eigenvalue weighted by molar-refractivity contribution is 6.08. The summed E-state index contributed by atoms with van der Waals surface area (Å²) in [6.45, 7) is 1.91. The number of para-hydroxylation sites is 1. The smallest absolute Gasteiger partial charge is 0.340 e. The summed E-state index contributed by atoms with van der Waals surface area (Å²) >= 11 is 0. The van der Waals surface area contributed by atoms with Crippen molar-refractivity contribution < 1.29 is 18.7 Å². The highest BCUT2D eigenvalue weighted by atomic mass is 19.1. The van der Waals surface area contributed by atoms with Crippen LogP contribution in [0, 0.1) is 5.82 Å². The number of nitrogens with zero attached hydrogens (tertiary/aromatic N) is 1. The van der Waals surface area contributed by atoms with Crippen LogP contribution < -0.4 is 5.32 Å². The second kappa shape index (κ2) is 6.60. The van der Waals surface area contributed by atoms with E-state index in [2.05, 4.69) is 10.3 Å². The quantitative estimate of drug-likeness (QED) is 0.878. The van der Waals surface area contributed by atoms with Gasteiger partial charge in [0.25, 0.3) is 5.91 Å². The van der Waals surface area contributed by atoms with Gasteiger partial charge in [-0.1, -0.05) is 12.1 Å². The lowest BCUT2D eigenvalue weighted by atomic mass is 10.1. The lowest BCUT2D eigenvalue weighted by molar-refractivity contribution is 0.0527. The number of anilines is 1. The van der Waals surface area contributed by atoms with Crippen LogP contribution in [-0.2, 0) is 4.74 Å². The zero-order valence-electron chi connectivity index (χ0n) is 11.3. The molecule has 0 radical (unpaired) electrons. The van der Waals surface area contributed by atoms with Crippen molar-refractivity contribution in [3.63, 3.8) is 0 Å². The van der Waals surface area contributed by atoms with E-state index in [0.717, 1.165) is 6.20 Å². The zero-order chi connectivity index (χ0) is 15.2. The van der Waals surface area contributed by atoms with Crippen LogP contribution in [0.4, 0.5) is 10.1 Å². The summed E-state index contributed by atoms with van der Waals surface area (Å²) in [6.07, 6.45) is 2.27. The summed E-state index contributed by atoms with van der Waals surface area (Å²) in [7, 11) is 0. The van der Waals surface area contributed by atoms with Gasteiger partial charge < -0.3 is 10.1 Å². The topological polar surface area (TPSA) is 68.3 Å². The number of halogens is 1. The van der Waals surface area contributed by atoms with Gasteiger partial charge in [0.2, 0.25) is 0 Å². The molecule has 0 atom stereocenters. The normalized spacial score (nSPS) is 10.0. The molecular weight excluding hydrogens is 275 g/mol. The molecular formula is C15H13FN2O3. The molecule has 2 rings (SSSR count). The first-order chi connectivity index (χ1) is 10.1. The van der Waals surface area contributed by atoms with Gasteiger partial charge in [0.1, 0.15) is 0 Å². The van der Waals surface area contributed by atoms with Crippen molar-refractivity contribution in [3.05, 3.63) is 59.7 Å². The molecule has 1 heterocycles. The van der Waals surface area contributed by atoms with E-state index >= 15 is 0 Å². The highest BCUT2D eigenvalue weighted by Crippen LogP contribution is 2.18. The van der Waals surface area contributed by atoms with Crippen LogP contribution in [0.15, 0.2) is 42.7 Å². The van der Waals surface area contributed by atoms with Crippen molar-refractivity contribution >= 4 is 17.6 Å². The average Bonchev–Trinajstić information content (AvgIpc) is 2.48. The minimum Gasteiger partial charge on any atom is -0.462 e. The summed E-state index contributed by atoms with van der Waals surface area (Å²) in [5.41, 5.74) is 0.322. The first-order valence-corrected chi connectivity index (χ1v) is 6.30. The number of aromatic nitrogens is 1. The van der Waals surface area contributed by atoms with Crippen molar-refractivity contribution in [2.45, 2.75) is 6.92 Å². The number of carbonyl (C=O) groups excluding carboxylic acids is 2. The molecule has 0 spiro atoms. The van der Waals surface area contributed by atoms with E-state index in [4.69, 9.17) is 4.74 Å². The lowest BCUT2D eigenvalue weighted by Gasteiger charge is -2.10. The largest absolute Gasteiger partial charge is 0.462 e. The Bertz CT molecular complexity index is 673. The molecule has 1 aromatic carbocycles. The number of pyridine rings is 1. The minimum absolute atomic E-state index is 0.149. The third-order valence-electron chi connectivity index (χ3n) is 2.69. The third-order valence-corrected chi connectivity index (χ3v) is 2.69. The summed E-state index contributed by atoms with van der Waals surface area (Å²) in [5.74, 6) is -1.95. The van der Waals surface area contributed by atoms with Gasteiger partial charge in [-0.05, 0) is 25.1 Å². The van der Waals surface area contributed by atoms with Gasteiger partial charge in [0, 0.05) is 6.20 Å². The van der Waals surface area contributed by atoms with Crippen molar-refractivity contribution in [2.75, 3.05) is 11.9 Å². The molecule has 5 nitrogen and oxygen atoms in total. The first-order valence-electron chi connectivity index (χ1n) is 6.30. The van der Waals surface area contributed by atoms with Crippen molar-refractivity contribution in [3.8, 4) is 0 Å². The van der Waals surface area contributed by atoms with E-state index in [1.54, 1.807) is 25.1 Å². The number of nitrogens with one attached hydrogen (secondary N) is 1. The van der Waals surface area contributed by atoms with E-state index < -0.39 is 17.7 Å². The number of hydrogen-bond donors (Lipinski definition) is 1. The van der Waals surface area contributed by atoms with Gasteiger partial charge in [0.15, 0.2) is 5.82 Å². The molecule has 0 aliphatic heterocycles. The van der Waals surface area contributed by atoms with Crippen LogP contribution >= 0.6 is 0 Å². The molecule has 0 bridgehead atoms. The van der Waals surface area contributed by atoms with E-state index in [-0.39, 0.29) is 23.4 Å². The van der Waals surface area contributed by atoms with Crippen LogP contribution in [0.2, 0.25) is 0 Å². The van der Waals surface area contributed by atoms with Gasteiger partial charge in [0.05, 0.1) is 29.6 Å². The van der Waals surface area contributed by atoms with E-state index in [0.29, 0.717) is 0 Å². The van der Waals surface area contributed by atoms with Crippen molar-refractivity contribution in [1.82, 2.24) is 4.98 Å². The second-order valence-corrected chi connectivity index (χ2v) is 4.08. The summed E-state index contributed by atoms with van der Waals surface area (Å²) in [5, 5.41) is 2.50. The van der Waals surface area contributed by atoms with E-state index in [9.17, 15) is 14.0 Å². The maximum absolute atomic E-state index is 13.5. The van der Waals surface area contributed by atoms with E-state index in [1.807, 2.05) is 0 Å². The number of benzene rings is 1. The molecule has 21 heavy (non-hydrogen) atoms. The predicted molar refractivity (Wildman–Crippen MR) is 74.5 cm³/mol. The fourth-order valence-electron chi connectivity index (χ4n) is 1.73. The molecule has 1 aromatic heterocycles. The number of rotatable bonds is 4. The highest BCUT2D eigenvalue weighted by Gasteiger charge is 2.16. The van der Waals surface area contributed by atoms with Gasteiger partial charge in [-0.2, -0.15) is 0 Å². The summed E-state index contributed by atoms with van der Waals surface area (Å²) < 4.78 is 18.4. The molecule has 1 amide bonds. The van der Waals surface area contributed by atoms with Crippen LogP contribution in [-0.4, -0.2) is 23.5 Å². The molecule has 0 saturated heterocycles. The predicted octanol–water partition coefficient (Wildman–Crippen LogP) is 2.65. The first kappa shape index (κ1) is 14.6. The molecule has 0 unspecified atom stereocenters. The SMILES string of the molecule is CCOC(=O)c1ccccc1NC(=O)c1ccncc1F. The Labute approximate surface area is 120 Å². The van der Waals surface area contributed by atoms with Gasteiger partial charge >= 0.3 is 5.97 Å². The minimum atomic E-state index is -0.733. The van der Waals surface area contributed by atoms with Gasteiger partial charge in [-0.3, -0.25) is 9.78 Å². The van der Waals surface area contributed by atoms with E-state index in [1.165, 1.54) is 18.3 Å². The third kappa shape index (κ3) is 3.42. The summed E-state index contributed by atoms with van der Waals surface area (Å²) in [4.78, 5) is 27.4. The van der Waals surface area contributed by atoms with Crippen LogP contribution in [0.1, 0.15) is 27.6 Å². The maximum Gasteiger partial charge on any atom is 0.340 e. The Morgan fingerprint density at radius 2 is 2.00 bits per heavy atom. The number of hydrogen-bond acceptors (Lipinski definition) is 4. The number of carbonyl (C=O) groups is 2. The Kier molecular flexibility index (Phi) is 4.61. The Hall–Kier alpha value is -2.76. The number of amides is 1. The maximum atomic E-state index is 13.5. The monoisotopic (exact) mass is 288 g/mol. The van der Waals surface area contributed by atoms with Crippen LogP contribution in [0.25, 0.3) is 0 Å². The molecule has 108 valence electrons. The Balaban J connectivity index is 2.26. The van der Waals surface area contributed by atoms with Crippen molar-refractivity contribution in [1.29, 1.82) is 0 Å². The fraction of sp³-hybridized carbons (Fsp3) is 0.133. The molecule has 2 aromatic rings. The van der Waals surface area contributed by atoms with Crippen LogP contribution in [0.3, 0.4) is 0 Å². The zero-order valence-corrected chi connectivity index (χ0v) is 11.3. The van der Waals surface area contributed by atoms with Gasteiger partial charge in [-0.25, -0.2) is 9.18 Å². The number of ether oxygens (including phenoxy) is 1. The van der Waals surface area contributed by atoms with Gasteiger partial charge in [-0.15, -0.1) is 0 Å². The Morgan fingerprint density at radius 3 is 2.71 bits per heavy atom. The second-order valence-electron chi connectivity index (χ2n) is 4.08. The average molecular weight is 288 g/mol. The van der Waals surface area contributed by atoms with Crippen molar-refractivity contribution in [2.24, 2.45) is 0 Å².